The van der Waals surface area contributed by atoms with E-state index >= 15 is 0 Å². The number of aryl methyl sites for hydroxylation is 1. The average molecular weight is 296 g/mol. The highest BCUT2D eigenvalue weighted by atomic mass is 32.1. The van der Waals surface area contributed by atoms with Crippen LogP contribution in [0.3, 0.4) is 0 Å². The van der Waals surface area contributed by atoms with Crippen LogP contribution < -0.4 is 0 Å². The van der Waals surface area contributed by atoms with Crippen molar-refractivity contribution in [2.24, 2.45) is 5.92 Å². The molecule has 1 aromatic carbocycles. The van der Waals surface area contributed by atoms with Gasteiger partial charge in [0.25, 0.3) is 0 Å². The molecule has 3 nitrogen and oxygen atoms in total. The fourth-order valence-electron chi connectivity index (χ4n) is 3.16. The van der Waals surface area contributed by atoms with Gasteiger partial charge in [-0.1, -0.05) is 37.3 Å². The molecule has 0 saturated carbocycles. The van der Waals surface area contributed by atoms with Crippen molar-refractivity contribution in [3.05, 3.63) is 46.6 Å². The van der Waals surface area contributed by atoms with Crippen molar-refractivity contribution >= 4 is 22.6 Å². The van der Waals surface area contributed by atoms with Gasteiger partial charge in [0, 0.05) is 16.1 Å². The second kappa shape index (κ2) is 4.81. The maximum atomic E-state index is 11.7. The second-order valence-electron chi connectivity index (χ2n) is 5.77. The Morgan fingerprint density at radius 3 is 2.90 bits per heavy atom. The summed E-state index contributed by atoms with van der Waals surface area (Å²) in [6.07, 6.45) is 4.30. The third-order valence-corrected chi connectivity index (χ3v) is 5.36. The minimum atomic E-state index is 0.697. The van der Waals surface area contributed by atoms with Crippen molar-refractivity contribution < 1.29 is 4.79 Å². The molecule has 0 spiro atoms. The summed E-state index contributed by atoms with van der Waals surface area (Å²) < 4.78 is 2.08. The molecule has 1 aliphatic carbocycles. The Bertz CT molecular complexity index is 816. The number of fused-ring (bicyclic) bond motifs is 3. The first-order chi connectivity index (χ1) is 10.3. The highest BCUT2D eigenvalue weighted by Crippen LogP contribution is 2.35. The van der Waals surface area contributed by atoms with Gasteiger partial charge in [0.05, 0.1) is 0 Å². The lowest BCUT2D eigenvalue weighted by Crippen LogP contribution is -2.11. The molecule has 0 N–H and O–H groups in total. The van der Waals surface area contributed by atoms with E-state index in [1.807, 2.05) is 30.3 Å². The fourth-order valence-corrected chi connectivity index (χ4v) is 4.50. The molecule has 0 bridgehead atoms. The van der Waals surface area contributed by atoms with Crippen molar-refractivity contribution in [1.82, 2.24) is 9.38 Å². The van der Waals surface area contributed by atoms with E-state index in [1.54, 1.807) is 11.3 Å². The SMILES string of the molecule is CC1CCc2c(sc3nc(-c4ccccc4)c(C=O)n23)C1. The molecule has 3 aromatic rings. The maximum absolute atomic E-state index is 11.7. The Labute approximate surface area is 127 Å². The summed E-state index contributed by atoms with van der Waals surface area (Å²) >= 11 is 1.74. The molecule has 1 unspecified atom stereocenters. The van der Waals surface area contributed by atoms with Gasteiger partial charge in [0.15, 0.2) is 11.2 Å². The first-order valence-corrected chi connectivity index (χ1v) is 8.13. The first kappa shape index (κ1) is 12.8. The van der Waals surface area contributed by atoms with E-state index in [4.69, 9.17) is 4.98 Å². The molecule has 21 heavy (non-hydrogen) atoms. The van der Waals surface area contributed by atoms with Crippen molar-refractivity contribution in [2.45, 2.75) is 26.2 Å². The number of imidazole rings is 1. The van der Waals surface area contributed by atoms with Crippen LogP contribution in [0.4, 0.5) is 0 Å². The van der Waals surface area contributed by atoms with Gasteiger partial charge in [-0.2, -0.15) is 0 Å². The lowest BCUT2D eigenvalue weighted by atomic mass is 9.93. The molecule has 2 heterocycles. The van der Waals surface area contributed by atoms with E-state index < -0.39 is 0 Å². The number of rotatable bonds is 2. The number of hydrogen-bond acceptors (Lipinski definition) is 3. The summed E-state index contributed by atoms with van der Waals surface area (Å²) in [6.45, 7) is 2.29. The molecule has 0 radical (unpaired) electrons. The van der Waals surface area contributed by atoms with Gasteiger partial charge >= 0.3 is 0 Å². The standard InChI is InChI=1S/C17H16N2OS/c1-11-7-8-13-15(9-11)21-17-18-16(14(10-20)19(13)17)12-5-3-2-4-6-12/h2-6,10-11H,7-9H2,1H3. The van der Waals surface area contributed by atoms with Crippen molar-refractivity contribution in [3.8, 4) is 11.3 Å². The second-order valence-corrected chi connectivity index (χ2v) is 6.83. The van der Waals surface area contributed by atoms with Crippen LogP contribution in [-0.4, -0.2) is 15.7 Å². The van der Waals surface area contributed by atoms with Crippen LogP contribution in [0.15, 0.2) is 30.3 Å². The number of thiazole rings is 1. The van der Waals surface area contributed by atoms with E-state index in [0.717, 1.165) is 41.3 Å². The third-order valence-electron chi connectivity index (χ3n) is 4.26. The lowest BCUT2D eigenvalue weighted by molar-refractivity contribution is 0.111. The predicted molar refractivity (Wildman–Crippen MR) is 85.1 cm³/mol. The summed E-state index contributed by atoms with van der Waals surface area (Å²) in [7, 11) is 0. The lowest BCUT2D eigenvalue weighted by Gasteiger charge is -2.17. The summed E-state index contributed by atoms with van der Waals surface area (Å²) in [4.78, 5) is 18.8. The number of carbonyl (C=O) groups excluding carboxylic acids is 1. The van der Waals surface area contributed by atoms with Crippen LogP contribution >= 0.6 is 11.3 Å². The fraction of sp³-hybridized carbons (Fsp3) is 0.294. The minimum Gasteiger partial charge on any atom is -0.296 e. The zero-order valence-electron chi connectivity index (χ0n) is 11.9. The van der Waals surface area contributed by atoms with Gasteiger partial charge in [-0.3, -0.25) is 9.20 Å². The van der Waals surface area contributed by atoms with Gasteiger partial charge in [-0.15, -0.1) is 11.3 Å². The molecule has 0 fully saturated rings. The predicted octanol–water partition coefficient (Wildman–Crippen LogP) is 4.00. The molecule has 0 aliphatic heterocycles. The van der Waals surface area contributed by atoms with Crippen LogP contribution in [0.25, 0.3) is 16.2 Å². The van der Waals surface area contributed by atoms with Gasteiger partial charge in [-0.25, -0.2) is 4.98 Å². The first-order valence-electron chi connectivity index (χ1n) is 7.31. The Morgan fingerprint density at radius 1 is 1.33 bits per heavy atom. The summed E-state index contributed by atoms with van der Waals surface area (Å²) in [6, 6.07) is 9.96. The normalized spacial score (nSPS) is 17.9. The van der Waals surface area contributed by atoms with Crippen molar-refractivity contribution in [1.29, 1.82) is 0 Å². The van der Waals surface area contributed by atoms with E-state index in [2.05, 4.69) is 11.3 Å². The summed E-state index contributed by atoms with van der Waals surface area (Å²) in [5.41, 5.74) is 3.81. The molecule has 1 atom stereocenters. The Hall–Kier alpha value is -1.94. The van der Waals surface area contributed by atoms with E-state index in [9.17, 15) is 4.79 Å². The minimum absolute atomic E-state index is 0.697. The van der Waals surface area contributed by atoms with Crippen LogP contribution in [0.5, 0.6) is 0 Å². The molecule has 0 saturated heterocycles. The Balaban J connectivity index is 1.96. The van der Waals surface area contributed by atoms with Gasteiger partial charge < -0.3 is 0 Å². The topological polar surface area (TPSA) is 34.4 Å². The zero-order valence-corrected chi connectivity index (χ0v) is 12.7. The Kier molecular flexibility index (Phi) is 2.93. The molecule has 4 heteroatoms. The third kappa shape index (κ3) is 1.94. The highest BCUT2D eigenvalue weighted by Gasteiger charge is 2.25. The number of carbonyl (C=O) groups is 1. The average Bonchev–Trinajstić information content (AvgIpc) is 3.02. The number of nitrogens with zero attached hydrogens (tertiary/aromatic N) is 2. The smallest absolute Gasteiger partial charge is 0.195 e. The van der Waals surface area contributed by atoms with Crippen LogP contribution in [-0.2, 0) is 12.8 Å². The number of hydrogen-bond donors (Lipinski definition) is 0. The largest absolute Gasteiger partial charge is 0.296 e. The van der Waals surface area contributed by atoms with Gasteiger partial charge in [0.2, 0.25) is 0 Å². The van der Waals surface area contributed by atoms with E-state index in [1.165, 1.54) is 17.0 Å². The van der Waals surface area contributed by atoms with E-state index in [-0.39, 0.29) is 0 Å². The number of aldehydes is 1. The molecular weight excluding hydrogens is 280 g/mol. The molecule has 106 valence electrons. The van der Waals surface area contributed by atoms with Crippen LogP contribution in [0.2, 0.25) is 0 Å². The Morgan fingerprint density at radius 2 is 2.14 bits per heavy atom. The highest BCUT2D eigenvalue weighted by molar-refractivity contribution is 7.17. The maximum Gasteiger partial charge on any atom is 0.195 e. The molecule has 4 rings (SSSR count). The number of benzene rings is 1. The number of aromatic nitrogens is 2. The van der Waals surface area contributed by atoms with Crippen LogP contribution in [0.1, 0.15) is 34.4 Å². The van der Waals surface area contributed by atoms with Crippen molar-refractivity contribution in [2.75, 3.05) is 0 Å². The monoisotopic (exact) mass is 296 g/mol. The quantitative estimate of drug-likeness (QED) is 0.670. The van der Waals surface area contributed by atoms with Crippen molar-refractivity contribution in [3.63, 3.8) is 0 Å². The molecule has 0 amide bonds. The summed E-state index contributed by atoms with van der Waals surface area (Å²) in [5.74, 6) is 0.731. The van der Waals surface area contributed by atoms with Crippen LogP contribution in [0, 0.1) is 5.92 Å². The summed E-state index contributed by atoms with van der Waals surface area (Å²) in [5, 5.41) is 0. The van der Waals surface area contributed by atoms with Gasteiger partial charge in [0.1, 0.15) is 11.4 Å². The zero-order chi connectivity index (χ0) is 14.4. The molecular formula is C17H16N2OS. The van der Waals surface area contributed by atoms with E-state index in [0.29, 0.717) is 5.69 Å². The molecule has 1 aliphatic rings. The molecule has 2 aromatic heterocycles. The van der Waals surface area contributed by atoms with Gasteiger partial charge in [-0.05, 0) is 25.2 Å².